The molecule has 0 unspecified atom stereocenters. The maximum atomic E-state index is 13.6. The lowest BCUT2D eigenvalue weighted by Gasteiger charge is -2.40. The van der Waals surface area contributed by atoms with Gasteiger partial charge in [-0.25, -0.2) is 24.5 Å². The molecule has 0 bridgehead atoms. The number of nitrogens with zero attached hydrogens (tertiary/aromatic N) is 10. The molecule has 0 radical (unpaired) electrons. The van der Waals surface area contributed by atoms with Crippen molar-refractivity contribution in [2.75, 3.05) is 109 Å². The number of aromatic nitrogens is 3. The average molecular weight is 999 g/mol. The Balaban J connectivity index is 0.683. The Labute approximate surface area is 426 Å². The van der Waals surface area contributed by atoms with Crippen molar-refractivity contribution >= 4 is 69.7 Å². The first-order chi connectivity index (χ1) is 34.8. The third kappa shape index (κ3) is 10.7. The Morgan fingerprint density at radius 2 is 1.56 bits per heavy atom. The number of ether oxygens (including phenoxy) is 3. The Morgan fingerprint density at radius 3 is 2.28 bits per heavy atom. The number of halogens is 1. The lowest BCUT2D eigenvalue weighted by molar-refractivity contribution is -0.129. The smallest absolute Gasteiger partial charge is 0.415 e. The monoisotopic (exact) mass is 997 g/mol. The van der Waals surface area contributed by atoms with E-state index in [1.807, 2.05) is 82.6 Å². The molecule has 0 atom stereocenters. The Hall–Kier alpha value is -6.85. The number of hydrogen-bond donors (Lipinski definition) is 1. The molecule has 10 rings (SSSR count). The number of pyridine rings is 1. The van der Waals surface area contributed by atoms with Gasteiger partial charge in [0.05, 0.1) is 55.0 Å². The molecule has 1 N–H and O–H groups in total. The van der Waals surface area contributed by atoms with Gasteiger partial charge in [0, 0.05) is 94.1 Å². The molecule has 0 saturated carbocycles. The van der Waals surface area contributed by atoms with Gasteiger partial charge in [-0.15, -0.1) is 0 Å². The minimum Gasteiger partial charge on any atom is -0.497 e. The fourth-order valence-corrected chi connectivity index (χ4v) is 10.7. The highest BCUT2D eigenvalue weighted by molar-refractivity contribution is 6.34. The molecule has 5 aliphatic heterocycles. The molecule has 7 heterocycles. The number of piperazine rings is 1. The zero-order chi connectivity index (χ0) is 50.1. The summed E-state index contributed by atoms with van der Waals surface area (Å²) in [4.78, 5) is 68.2. The van der Waals surface area contributed by atoms with E-state index in [0.717, 1.165) is 117 Å². The molecular formula is C54H64ClN11O6. The molecule has 378 valence electrons. The van der Waals surface area contributed by atoms with Gasteiger partial charge in [-0.3, -0.25) is 24.4 Å². The van der Waals surface area contributed by atoms with E-state index >= 15 is 0 Å². The number of piperidine rings is 1. The predicted octanol–water partition coefficient (Wildman–Crippen LogP) is 8.68. The maximum absolute atomic E-state index is 13.6. The zero-order valence-corrected chi connectivity index (χ0v) is 42.7. The Morgan fingerprint density at radius 1 is 0.819 bits per heavy atom. The van der Waals surface area contributed by atoms with Gasteiger partial charge in [-0.05, 0) is 119 Å². The third-order valence-corrected chi connectivity index (χ3v) is 14.7. The average Bonchev–Trinajstić information content (AvgIpc) is 3.38. The summed E-state index contributed by atoms with van der Waals surface area (Å²) in [7, 11) is 1.60. The van der Waals surface area contributed by atoms with Crippen LogP contribution in [0, 0.1) is 12.8 Å². The van der Waals surface area contributed by atoms with E-state index in [9.17, 15) is 14.4 Å². The van der Waals surface area contributed by atoms with Crippen LogP contribution in [0.5, 0.6) is 11.6 Å². The lowest BCUT2D eigenvalue weighted by Crippen LogP contribution is -2.52. The predicted molar refractivity (Wildman–Crippen MR) is 281 cm³/mol. The van der Waals surface area contributed by atoms with Gasteiger partial charge in [-0.2, -0.15) is 0 Å². The van der Waals surface area contributed by atoms with Crippen LogP contribution in [0.1, 0.15) is 62.4 Å². The van der Waals surface area contributed by atoms with Crippen LogP contribution in [0.25, 0.3) is 0 Å². The second kappa shape index (κ2) is 20.7. The van der Waals surface area contributed by atoms with Gasteiger partial charge in [0.2, 0.25) is 17.7 Å². The number of rotatable bonds is 11. The molecule has 5 aromatic rings. The summed E-state index contributed by atoms with van der Waals surface area (Å²) in [6, 6.07) is 21.5. The second-order valence-corrected chi connectivity index (χ2v) is 20.7. The van der Waals surface area contributed by atoms with E-state index in [0.29, 0.717) is 60.4 Å². The summed E-state index contributed by atoms with van der Waals surface area (Å²) in [5.74, 6) is 2.16. The van der Waals surface area contributed by atoms with E-state index in [1.54, 1.807) is 16.9 Å². The van der Waals surface area contributed by atoms with Gasteiger partial charge < -0.3 is 34.2 Å². The van der Waals surface area contributed by atoms with E-state index in [-0.39, 0.29) is 24.9 Å². The van der Waals surface area contributed by atoms with Gasteiger partial charge in [0.15, 0.2) is 0 Å². The van der Waals surface area contributed by atoms with Crippen LogP contribution < -0.4 is 39.3 Å². The summed E-state index contributed by atoms with van der Waals surface area (Å²) in [5, 5.41) is 3.94. The number of carbonyl (C=O) groups is 3. The van der Waals surface area contributed by atoms with Crippen molar-refractivity contribution < 1.29 is 28.6 Å². The fourth-order valence-electron chi connectivity index (χ4n) is 10.4. The van der Waals surface area contributed by atoms with Crippen LogP contribution in [0.15, 0.2) is 79.1 Å². The molecule has 3 aromatic carbocycles. The van der Waals surface area contributed by atoms with Gasteiger partial charge in [0.25, 0.3) is 0 Å². The summed E-state index contributed by atoms with van der Waals surface area (Å²) < 4.78 is 16.9. The van der Waals surface area contributed by atoms with Gasteiger partial charge in [0.1, 0.15) is 23.6 Å². The Kier molecular flexibility index (Phi) is 14.0. The standard InChI is InChI=1S/C54H64ClN11O6/c1-36-47(32-56-50-49(36)65(28-29-71-50)53(69)72-54(2,3)4)63-22-18-39-31-57-51(59-45(39)35-63)58-40-8-10-41(11-9-40)61-20-16-38(17-21-61)33-60-24-26-62(27-25-60)42-12-15-46(44(55)30-42)64-23-19-48(67)66(52(64)68)34-37-6-13-43(70-5)14-7-37/h6-15,30-32,38H,16-29,33-35H2,1-5H3,(H,57,58,59). The van der Waals surface area contributed by atoms with Crippen molar-refractivity contribution in [3.8, 4) is 11.6 Å². The normalized spacial score (nSPS) is 17.9. The number of methoxy groups -OCH3 is 1. The van der Waals surface area contributed by atoms with Crippen LogP contribution in [0.3, 0.4) is 0 Å². The molecular weight excluding hydrogens is 934 g/mol. The quantitative estimate of drug-likeness (QED) is 0.134. The molecule has 2 aromatic heterocycles. The van der Waals surface area contributed by atoms with Crippen molar-refractivity contribution in [2.45, 2.75) is 72.1 Å². The fraction of sp³-hybridized carbons (Fsp3) is 0.444. The maximum Gasteiger partial charge on any atom is 0.415 e. The molecule has 0 spiro atoms. The number of fused-ring (bicyclic) bond motifs is 2. The molecule has 5 aliphatic rings. The van der Waals surface area contributed by atoms with Crippen molar-refractivity contribution in [1.82, 2.24) is 24.8 Å². The molecule has 3 fully saturated rings. The number of nitrogens with one attached hydrogen (secondary N) is 1. The minimum absolute atomic E-state index is 0.190. The van der Waals surface area contributed by atoms with Crippen molar-refractivity contribution in [1.29, 1.82) is 0 Å². The molecule has 18 heteroatoms. The van der Waals surface area contributed by atoms with Crippen molar-refractivity contribution in [2.24, 2.45) is 5.92 Å². The van der Waals surface area contributed by atoms with Crippen molar-refractivity contribution in [3.63, 3.8) is 0 Å². The van der Waals surface area contributed by atoms with Crippen LogP contribution in [-0.4, -0.2) is 128 Å². The largest absolute Gasteiger partial charge is 0.497 e. The first-order valence-electron chi connectivity index (χ1n) is 25.1. The molecule has 72 heavy (non-hydrogen) atoms. The first kappa shape index (κ1) is 48.8. The topological polar surface area (TPSA) is 152 Å². The number of anilines is 7. The van der Waals surface area contributed by atoms with Gasteiger partial charge >= 0.3 is 12.1 Å². The van der Waals surface area contributed by atoms with E-state index in [4.69, 9.17) is 30.8 Å². The Bertz CT molecular complexity index is 2790. The number of hydrogen-bond acceptors (Lipinski definition) is 14. The highest BCUT2D eigenvalue weighted by Crippen LogP contribution is 2.40. The van der Waals surface area contributed by atoms with Crippen LogP contribution in [0.4, 0.5) is 49.7 Å². The molecule has 0 aliphatic carbocycles. The van der Waals surface area contributed by atoms with Crippen LogP contribution in [-0.2, 0) is 29.0 Å². The second-order valence-electron chi connectivity index (χ2n) is 20.3. The number of imide groups is 1. The zero-order valence-electron chi connectivity index (χ0n) is 41.9. The summed E-state index contributed by atoms with van der Waals surface area (Å²) in [6.45, 7) is 17.1. The highest BCUT2D eigenvalue weighted by atomic mass is 35.5. The number of amides is 4. The van der Waals surface area contributed by atoms with Crippen LogP contribution >= 0.6 is 11.6 Å². The molecule has 4 amide bonds. The first-order valence-corrected chi connectivity index (χ1v) is 25.5. The molecule has 3 saturated heterocycles. The summed E-state index contributed by atoms with van der Waals surface area (Å²) in [6.07, 6.45) is 6.67. The minimum atomic E-state index is -0.621. The van der Waals surface area contributed by atoms with E-state index in [1.165, 1.54) is 10.6 Å². The highest BCUT2D eigenvalue weighted by Gasteiger charge is 2.36. The van der Waals surface area contributed by atoms with Crippen LogP contribution in [0.2, 0.25) is 5.02 Å². The number of carbonyl (C=O) groups excluding carboxylic acids is 3. The third-order valence-electron chi connectivity index (χ3n) is 14.4. The molecule has 17 nitrogen and oxygen atoms in total. The summed E-state index contributed by atoms with van der Waals surface area (Å²) >= 11 is 6.88. The van der Waals surface area contributed by atoms with Gasteiger partial charge in [-0.1, -0.05) is 23.7 Å². The number of urea groups is 1. The van der Waals surface area contributed by atoms with E-state index < -0.39 is 11.7 Å². The van der Waals surface area contributed by atoms with Crippen molar-refractivity contribution in [3.05, 3.63) is 107 Å². The SMILES string of the molecule is COc1ccc(CN2C(=O)CCN(c3ccc(N4CCN(CC5CCN(c6ccc(Nc7ncc8c(n7)CN(c7cnc9c(c7C)N(C(=O)OC(C)(C)C)CCO9)CC8)cc6)CC5)CC4)cc3Cl)C2=O)cc1. The lowest BCUT2D eigenvalue weighted by atomic mass is 9.95. The summed E-state index contributed by atoms with van der Waals surface area (Å²) in [5.41, 5.74) is 8.61. The number of benzene rings is 3. The van der Waals surface area contributed by atoms with E-state index in [2.05, 4.69) is 59.1 Å².